The van der Waals surface area contributed by atoms with E-state index in [1.54, 1.807) is 20.1 Å². The molecule has 7 nitrogen and oxygen atoms in total. The van der Waals surface area contributed by atoms with Crippen molar-refractivity contribution in [2.24, 2.45) is 0 Å². The first-order valence-electron chi connectivity index (χ1n) is 9.06. The number of benzene rings is 2. The Morgan fingerprint density at radius 1 is 1.17 bits per heavy atom. The third kappa shape index (κ3) is 6.53. The Morgan fingerprint density at radius 2 is 1.80 bits per heavy atom. The molecule has 0 bridgehead atoms. The number of thioether (sulfide) groups is 1. The van der Waals surface area contributed by atoms with Gasteiger partial charge in [0, 0.05) is 25.5 Å². The van der Waals surface area contributed by atoms with Crippen LogP contribution in [-0.4, -0.2) is 57.4 Å². The second-order valence-corrected chi connectivity index (χ2v) is 10.4. The van der Waals surface area contributed by atoms with Gasteiger partial charge in [-0.15, -0.1) is 11.8 Å². The van der Waals surface area contributed by atoms with Gasteiger partial charge in [0.25, 0.3) is 0 Å². The Bertz CT molecular complexity index is 966. The monoisotopic (exact) mass is 472 g/mol. The molecular weight excluding hydrogens is 448 g/mol. The summed E-state index contributed by atoms with van der Waals surface area (Å²) in [4.78, 5) is 12.4. The van der Waals surface area contributed by atoms with Crippen LogP contribution in [0, 0.1) is 0 Å². The number of methoxy groups -OCH3 is 1. The van der Waals surface area contributed by atoms with E-state index >= 15 is 0 Å². The molecule has 0 radical (unpaired) electrons. The summed E-state index contributed by atoms with van der Waals surface area (Å²) >= 11 is 7.47. The third-order valence-electron chi connectivity index (χ3n) is 4.11. The van der Waals surface area contributed by atoms with Crippen molar-refractivity contribution < 1.29 is 22.7 Å². The molecule has 0 aliphatic rings. The molecule has 2 aromatic rings. The minimum Gasteiger partial charge on any atom is -0.497 e. The quantitative estimate of drug-likeness (QED) is 0.530. The summed E-state index contributed by atoms with van der Waals surface area (Å²) < 4.78 is 36.5. The van der Waals surface area contributed by atoms with E-state index in [4.69, 9.17) is 21.1 Å². The van der Waals surface area contributed by atoms with Crippen molar-refractivity contribution in [2.75, 3.05) is 38.9 Å². The van der Waals surface area contributed by atoms with Crippen LogP contribution in [-0.2, 0) is 14.8 Å². The van der Waals surface area contributed by atoms with E-state index < -0.39 is 10.0 Å². The maximum atomic E-state index is 12.4. The Hall–Kier alpha value is -1.94. The van der Waals surface area contributed by atoms with Gasteiger partial charge < -0.3 is 14.8 Å². The number of hydrogen-bond acceptors (Lipinski definition) is 6. The molecule has 1 unspecified atom stereocenters. The van der Waals surface area contributed by atoms with Crippen molar-refractivity contribution in [3.8, 4) is 11.5 Å². The highest BCUT2D eigenvalue weighted by Crippen LogP contribution is 2.27. The van der Waals surface area contributed by atoms with Gasteiger partial charge in [-0.3, -0.25) is 4.79 Å². The van der Waals surface area contributed by atoms with Crippen LogP contribution < -0.4 is 14.8 Å². The lowest BCUT2D eigenvalue weighted by Gasteiger charge is -2.16. The number of hydrogen-bond donors (Lipinski definition) is 1. The van der Waals surface area contributed by atoms with E-state index in [2.05, 4.69) is 5.32 Å². The molecule has 1 amide bonds. The lowest BCUT2D eigenvalue weighted by atomic mass is 10.3. The predicted molar refractivity (Wildman–Crippen MR) is 121 cm³/mol. The fourth-order valence-electron chi connectivity index (χ4n) is 2.35. The topological polar surface area (TPSA) is 84.9 Å². The molecule has 2 aromatic carbocycles. The van der Waals surface area contributed by atoms with Crippen LogP contribution in [0.25, 0.3) is 0 Å². The molecule has 1 N–H and O–H groups in total. The number of amides is 1. The smallest absolute Gasteiger partial charge is 0.244 e. The van der Waals surface area contributed by atoms with Gasteiger partial charge in [0.2, 0.25) is 15.9 Å². The van der Waals surface area contributed by atoms with Crippen molar-refractivity contribution in [3.05, 3.63) is 47.5 Å². The first-order chi connectivity index (χ1) is 14.1. The highest BCUT2D eigenvalue weighted by Gasteiger charge is 2.22. The van der Waals surface area contributed by atoms with Crippen molar-refractivity contribution >= 4 is 45.0 Å². The van der Waals surface area contributed by atoms with Gasteiger partial charge in [0.15, 0.2) is 0 Å². The van der Waals surface area contributed by atoms with Gasteiger partial charge >= 0.3 is 0 Å². The number of rotatable bonds is 10. The molecule has 0 saturated heterocycles. The molecule has 0 aliphatic carbocycles. The van der Waals surface area contributed by atoms with E-state index in [0.29, 0.717) is 18.0 Å². The molecule has 1 atom stereocenters. The first kappa shape index (κ1) is 24.3. The van der Waals surface area contributed by atoms with Gasteiger partial charge in [0.1, 0.15) is 16.4 Å². The number of anilines is 1. The van der Waals surface area contributed by atoms with Gasteiger partial charge in [-0.25, -0.2) is 12.7 Å². The fourth-order valence-corrected chi connectivity index (χ4v) is 4.49. The standard InChI is InChI=1S/C20H25ClN2O5S2/c1-14(29-12-11-28-17-8-6-16(27-4)7-9-17)20(24)22-15-5-10-18(21)19(13-15)30(25,26)23(2)3/h5-10,13-14H,11-12H2,1-4H3,(H,22,24). The van der Waals surface area contributed by atoms with Crippen LogP contribution in [0.15, 0.2) is 47.4 Å². The third-order valence-corrected chi connectivity index (χ3v) is 7.52. The Labute approximate surface area is 186 Å². The molecule has 0 fully saturated rings. The van der Waals surface area contributed by atoms with E-state index in [9.17, 15) is 13.2 Å². The molecule has 2 rings (SSSR count). The SMILES string of the molecule is COc1ccc(OCCSC(C)C(=O)Nc2ccc(Cl)c(S(=O)(=O)N(C)C)c2)cc1. The maximum Gasteiger partial charge on any atom is 0.244 e. The highest BCUT2D eigenvalue weighted by atomic mass is 35.5. The number of carbonyl (C=O) groups is 1. The largest absolute Gasteiger partial charge is 0.497 e. The number of sulfonamides is 1. The molecule has 10 heteroatoms. The zero-order valence-electron chi connectivity index (χ0n) is 17.2. The number of ether oxygens (including phenoxy) is 2. The first-order valence-corrected chi connectivity index (χ1v) is 11.9. The summed E-state index contributed by atoms with van der Waals surface area (Å²) in [5.74, 6) is 1.86. The minimum absolute atomic E-state index is 0.0554. The van der Waals surface area contributed by atoms with Crippen LogP contribution >= 0.6 is 23.4 Å². The molecule has 0 spiro atoms. The highest BCUT2D eigenvalue weighted by molar-refractivity contribution is 8.00. The van der Waals surface area contributed by atoms with E-state index in [1.807, 2.05) is 24.3 Å². The molecule has 0 aliphatic heterocycles. The molecular formula is C20H25ClN2O5S2. The van der Waals surface area contributed by atoms with Crippen molar-refractivity contribution in [2.45, 2.75) is 17.1 Å². The zero-order valence-corrected chi connectivity index (χ0v) is 19.6. The summed E-state index contributed by atoms with van der Waals surface area (Å²) in [6.07, 6.45) is 0. The normalized spacial score (nSPS) is 12.5. The van der Waals surface area contributed by atoms with Gasteiger partial charge in [0.05, 0.1) is 24.0 Å². The lowest BCUT2D eigenvalue weighted by molar-refractivity contribution is -0.115. The molecule has 164 valence electrons. The van der Waals surface area contributed by atoms with E-state index in [0.717, 1.165) is 15.8 Å². The molecule has 30 heavy (non-hydrogen) atoms. The second-order valence-electron chi connectivity index (χ2n) is 6.46. The lowest BCUT2D eigenvalue weighted by Crippen LogP contribution is -2.25. The van der Waals surface area contributed by atoms with Crippen molar-refractivity contribution in [3.63, 3.8) is 0 Å². The maximum absolute atomic E-state index is 12.4. The Morgan fingerprint density at radius 3 is 2.40 bits per heavy atom. The van der Waals surface area contributed by atoms with Crippen LogP contribution in [0.3, 0.4) is 0 Å². The van der Waals surface area contributed by atoms with Crippen LogP contribution in [0.2, 0.25) is 5.02 Å². The summed E-state index contributed by atoms with van der Waals surface area (Å²) in [5.41, 5.74) is 0.367. The number of nitrogens with one attached hydrogen (secondary N) is 1. The average Bonchev–Trinajstić information content (AvgIpc) is 2.72. The van der Waals surface area contributed by atoms with Crippen LogP contribution in [0.1, 0.15) is 6.92 Å². The number of carbonyl (C=O) groups excluding carboxylic acids is 1. The predicted octanol–water partition coefficient (Wildman–Crippen LogP) is 3.74. The zero-order chi connectivity index (χ0) is 22.3. The Kier molecular flexibility index (Phi) is 8.84. The van der Waals surface area contributed by atoms with Crippen LogP contribution in [0.5, 0.6) is 11.5 Å². The van der Waals surface area contributed by atoms with Crippen LogP contribution in [0.4, 0.5) is 5.69 Å². The van der Waals surface area contributed by atoms with Crippen molar-refractivity contribution in [1.29, 1.82) is 0 Å². The fraction of sp³-hybridized carbons (Fsp3) is 0.350. The summed E-state index contributed by atoms with van der Waals surface area (Å²) in [6.45, 7) is 2.22. The number of nitrogens with zero attached hydrogens (tertiary/aromatic N) is 1. The molecule has 0 saturated carbocycles. The number of halogens is 1. The van der Waals surface area contributed by atoms with Gasteiger partial charge in [-0.2, -0.15) is 0 Å². The summed E-state index contributed by atoms with van der Waals surface area (Å²) in [6, 6.07) is 11.6. The average molecular weight is 473 g/mol. The summed E-state index contributed by atoms with van der Waals surface area (Å²) in [5, 5.41) is 2.48. The minimum atomic E-state index is -3.71. The van der Waals surface area contributed by atoms with Gasteiger partial charge in [-0.05, 0) is 49.4 Å². The molecule has 0 aromatic heterocycles. The van der Waals surface area contributed by atoms with Gasteiger partial charge in [-0.1, -0.05) is 11.6 Å². The summed E-state index contributed by atoms with van der Waals surface area (Å²) in [7, 11) is 0.729. The van der Waals surface area contributed by atoms with Crippen molar-refractivity contribution in [1.82, 2.24) is 4.31 Å². The van der Waals surface area contributed by atoms with E-state index in [-0.39, 0.29) is 21.1 Å². The second kappa shape index (κ2) is 10.9. The molecule has 0 heterocycles. The van der Waals surface area contributed by atoms with E-state index in [1.165, 1.54) is 38.0 Å². The Balaban J connectivity index is 1.88.